The summed E-state index contributed by atoms with van der Waals surface area (Å²) >= 11 is 0. The number of hydrogen-bond donors (Lipinski definition) is 3. The van der Waals surface area contributed by atoms with Crippen LogP contribution < -0.4 is 0 Å². The highest BCUT2D eigenvalue weighted by atomic mass is 16.3. The fourth-order valence-electron chi connectivity index (χ4n) is 6.91. The maximum atomic E-state index is 10.4. The summed E-state index contributed by atoms with van der Waals surface area (Å²) in [5.74, 6) is 1.94. The van der Waals surface area contributed by atoms with E-state index < -0.39 is 17.8 Å². The third kappa shape index (κ3) is 5.37. The van der Waals surface area contributed by atoms with Gasteiger partial charge in [-0.3, -0.25) is 0 Å². The number of rotatable bonds is 6. The molecule has 3 aliphatic rings. The van der Waals surface area contributed by atoms with E-state index in [0.717, 1.165) is 36.3 Å². The molecule has 3 fully saturated rings. The minimum atomic E-state index is -0.648. The van der Waals surface area contributed by atoms with Crippen molar-refractivity contribution < 1.29 is 15.3 Å². The first kappa shape index (κ1) is 24.7. The minimum Gasteiger partial charge on any atom is -0.392 e. The van der Waals surface area contributed by atoms with Gasteiger partial charge >= 0.3 is 0 Å². The molecule has 31 heavy (non-hydrogen) atoms. The van der Waals surface area contributed by atoms with Crippen molar-refractivity contribution in [1.29, 1.82) is 0 Å². The smallest absolute Gasteiger partial charge is 0.0837 e. The maximum Gasteiger partial charge on any atom is 0.0837 e. The number of hydrogen-bond acceptors (Lipinski definition) is 3. The predicted molar refractivity (Wildman–Crippen MR) is 129 cm³/mol. The van der Waals surface area contributed by atoms with Gasteiger partial charge < -0.3 is 15.3 Å². The van der Waals surface area contributed by atoms with Gasteiger partial charge in [0.15, 0.2) is 0 Å². The highest BCUT2D eigenvalue weighted by Gasteiger charge is 2.50. The largest absolute Gasteiger partial charge is 0.392 e. The first-order chi connectivity index (χ1) is 14.4. The molecule has 0 aliphatic heterocycles. The summed E-state index contributed by atoms with van der Waals surface area (Å²) in [6, 6.07) is 0. The van der Waals surface area contributed by atoms with E-state index in [9.17, 15) is 15.3 Å². The molecule has 0 radical (unpaired) electrons. The minimum absolute atomic E-state index is 0.149. The van der Waals surface area contributed by atoms with Crippen LogP contribution in [-0.4, -0.2) is 33.1 Å². The lowest BCUT2D eigenvalue weighted by Gasteiger charge is -2.44. The summed E-state index contributed by atoms with van der Waals surface area (Å²) in [5.41, 5.74) is 3.15. The van der Waals surface area contributed by atoms with Crippen molar-refractivity contribution in [3.63, 3.8) is 0 Å². The van der Waals surface area contributed by atoms with Crippen LogP contribution in [0.2, 0.25) is 0 Å². The van der Waals surface area contributed by atoms with Crippen molar-refractivity contribution in [2.45, 2.75) is 110 Å². The normalized spacial score (nSPS) is 40.4. The van der Waals surface area contributed by atoms with Crippen LogP contribution in [0.4, 0.5) is 0 Å². The Morgan fingerprint density at radius 2 is 1.94 bits per heavy atom. The number of allylic oxidation sites excluding steroid dienone is 3. The van der Waals surface area contributed by atoms with E-state index in [2.05, 4.69) is 32.6 Å². The zero-order valence-corrected chi connectivity index (χ0v) is 20.5. The van der Waals surface area contributed by atoms with Crippen molar-refractivity contribution in [3.05, 3.63) is 35.5 Å². The molecule has 0 amide bonds. The summed E-state index contributed by atoms with van der Waals surface area (Å²) < 4.78 is 0. The Labute approximate surface area is 190 Å². The second kappa shape index (κ2) is 9.53. The van der Waals surface area contributed by atoms with Crippen LogP contribution in [0.5, 0.6) is 0 Å². The van der Waals surface area contributed by atoms with Crippen LogP contribution in [0, 0.1) is 29.1 Å². The number of aliphatic hydroxyl groups is 3. The van der Waals surface area contributed by atoms with E-state index in [-0.39, 0.29) is 5.92 Å². The second-order valence-electron chi connectivity index (χ2n) is 11.8. The first-order valence-electron chi connectivity index (χ1n) is 12.6. The maximum absolute atomic E-state index is 10.4. The molecule has 0 aromatic carbocycles. The molecular formula is C28H46O3. The average molecular weight is 431 g/mol. The van der Waals surface area contributed by atoms with E-state index in [1.54, 1.807) is 5.57 Å². The Bertz CT molecular complexity index is 712. The van der Waals surface area contributed by atoms with Crippen molar-refractivity contribution in [1.82, 2.24) is 0 Å². The SMILES string of the molecule is C=C1/C(=C\C=C2/CCCC3(C)C2CCC3[C@@H](C)CCCC(C)(C)O)C[C@@H](O)[C@H](C)[C@@H]1O. The highest BCUT2D eigenvalue weighted by Crippen LogP contribution is 2.60. The van der Waals surface area contributed by atoms with Gasteiger partial charge in [0, 0.05) is 5.92 Å². The summed E-state index contributed by atoms with van der Waals surface area (Å²) in [5, 5.41) is 30.7. The quantitative estimate of drug-likeness (QED) is 0.488. The summed E-state index contributed by atoms with van der Waals surface area (Å²) in [7, 11) is 0. The molecule has 0 heterocycles. The summed E-state index contributed by atoms with van der Waals surface area (Å²) in [4.78, 5) is 0. The first-order valence-corrected chi connectivity index (χ1v) is 12.6. The lowest BCUT2D eigenvalue weighted by Crippen LogP contribution is -2.36. The summed E-state index contributed by atoms with van der Waals surface area (Å²) in [6.45, 7) is 14.8. The van der Waals surface area contributed by atoms with Gasteiger partial charge in [0.05, 0.1) is 17.8 Å². The van der Waals surface area contributed by atoms with E-state index in [4.69, 9.17) is 0 Å². The lowest BCUT2D eigenvalue weighted by atomic mass is 9.60. The molecule has 3 heteroatoms. The molecule has 3 nitrogen and oxygen atoms in total. The van der Waals surface area contributed by atoms with Gasteiger partial charge in [0.2, 0.25) is 0 Å². The molecule has 3 rings (SSSR count). The predicted octanol–water partition coefficient (Wildman–Crippen LogP) is 5.95. The van der Waals surface area contributed by atoms with Crippen molar-refractivity contribution in [2.75, 3.05) is 0 Å². The van der Waals surface area contributed by atoms with Crippen LogP contribution in [0.25, 0.3) is 0 Å². The van der Waals surface area contributed by atoms with E-state index in [0.29, 0.717) is 23.7 Å². The molecule has 3 unspecified atom stereocenters. The van der Waals surface area contributed by atoms with E-state index in [1.165, 1.54) is 32.1 Å². The van der Waals surface area contributed by atoms with Gasteiger partial charge in [-0.25, -0.2) is 0 Å². The third-order valence-corrected chi connectivity index (χ3v) is 8.97. The lowest BCUT2D eigenvalue weighted by molar-refractivity contribution is 0.0283. The Hall–Kier alpha value is -0.900. The Morgan fingerprint density at radius 3 is 2.61 bits per heavy atom. The van der Waals surface area contributed by atoms with Gasteiger partial charge in [-0.1, -0.05) is 57.9 Å². The van der Waals surface area contributed by atoms with Crippen molar-refractivity contribution >= 4 is 0 Å². The van der Waals surface area contributed by atoms with Gasteiger partial charge in [-0.05, 0) is 93.1 Å². The van der Waals surface area contributed by atoms with Gasteiger partial charge in [0.1, 0.15) is 0 Å². The van der Waals surface area contributed by atoms with E-state index >= 15 is 0 Å². The van der Waals surface area contributed by atoms with Crippen LogP contribution >= 0.6 is 0 Å². The van der Waals surface area contributed by atoms with Crippen LogP contribution in [0.15, 0.2) is 35.5 Å². The Morgan fingerprint density at radius 1 is 1.23 bits per heavy atom. The van der Waals surface area contributed by atoms with Crippen LogP contribution in [0.1, 0.15) is 92.4 Å². The van der Waals surface area contributed by atoms with Gasteiger partial charge in [-0.15, -0.1) is 0 Å². The van der Waals surface area contributed by atoms with Gasteiger partial charge in [-0.2, -0.15) is 0 Å². The molecule has 0 saturated heterocycles. The highest BCUT2D eigenvalue weighted by molar-refractivity contribution is 5.39. The molecule has 3 saturated carbocycles. The third-order valence-electron chi connectivity index (χ3n) is 8.97. The van der Waals surface area contributed by atoms with Crippen molar-refractivity contribution in [3.8, 4) is 0 Å². The molecule has 3 N–H and O–H groups in total. The molecule has 3 aliphatic carbocycles. The fraction of sp³-hybridized carbons (Fsp3) is 0.786. The second-order valence-corrected chi connectivity index (χ2v) is 11.8. The zero-order valence-electron chi connectivity index (χ0n) is 20.5. The molecule has 0 spiro atoms. The Balaban J connectivity index is 1.71. The number of fused-ring (bicyclic) bond motifs is 1. The molecule has 0 aromatic heterocycles. The molecule has 0 aromatic rings. The molecular weight excluding hydrogens is 384 g/mol. The fourth-order valence-corrected chi connectivity index (χ4v) is 6.91. The average Bonchev–Trinajstić information content (AvgIpc) is 3.04. The summed E-state index contributed by atoms with van der Waals surface area (Å²) in [6.07, 6.45) is 13.4. The van der Waals surface area contributed by atoms with Crippen molar-refractivity contribution in [2.24, 2.45) is 29.1 Å². The molecule has 0 bridgehead atoms. The standard InChI is InChI=1S/C28H46O3/c1-18(9-7-15-27(4,5)31)23-13-14-24-21(10-8-16-28(23,24)6)11-12-22-17-25(29)20(3)26(30)19(22)2/h11-12,18,20,23-26,29-31H,2,7-10,13-17H2,1,3-6H3/b21-11+,22-12-/t18-,20-,23?,24?,25+,26+,28?/m0/s1. The van der Waals surface area contributed by atoms with Gasteiger partial charge in [0.25, 0.3) is 0 Å². The molecule has 176 valence electrons. The topological polar surface area (TPSA) is 60.7 Å². The van der Waals surface area contributed by atoms with E-state index in [1.807, 2.05) is 20.8 Å². The zero-order chi connectivity index (χ0) is 23.0. The molecule has 7 atom stereocenters. The number of aliphatic hydroxyl groups excluding tert-OH is 2. The van der Waals surface area contributed by atoms with Crippen LogP contribution in [0.3, 0.4) is 0 Å². The van der Waals surface area contributed by atoms with Crippen LogP contribution in [-0.2, 0) is 0 Å². The monoisotopic (exact) mass is 430 g/mol. The Kier molecular flexibility index (Phi) is 7.61.